The minimum atomic E-state index is -1.18. The Morgan fingerprint density at radius 3 is 2.72 bits per heavy atom. The third-order valence-corrected chi connectivity index (χ3v) is 2.70. The number of carboxylic acids is 1. The molecule has 0 bridgehead atoms. The molecule has 0 aliphatic carbocycles. The molecule has 0 radical (unpaired) electrons. The highest BCUT2D eigenvalue weighted by Gasteiger charge is 2.28. The van der Waals surface area contributed by atoms with E-state index < -0.39 is 30.0 Å². The van der Waals surface area contributed by atoms with Crippen molar-refractivity contribution in [3.05, 3.63) is 0 Å². The number of nitrogens with one attached hydrogen (secondary N) is 1. The summed E-state index contributed by atoms with van der Waals surface area (Å²) in [5.41, 5.74) is 0. The van der Waals surface area contributed by atoms with E-state index in [1.165, 1.54) is 7.11 Å². The van der Waals surface area contributed by atoms with Gasteiger partial charge in [-0.2, -0.15) is 0 Å². The Hall–Kier alpha value is -1.63. The average Bonchev–Trinajstić information content (AvgIpc) is 2.87. The van der Waals surface area contributed by atoms with Gasteiger partial charge in [0.15, 0.2) is 0 Å². The molecule has 0 saturated carbocycles. The van der Waals surface area contributed by atoms with Gasteiger partial charge in [0, 0.05) is 13.0 Å². The summed E-state index contributed by atoms with van der Waals surface area (Å²) in [5.74, 6) is -2.12. The molecule has 1 aliphatic heterocycles. The molecule has 2 N–H and O–H groups in total. The van der Waals surface area contributed by atoms with Gasteiger partial charge in [-0.25, -0.2) is 4.79 Å². The van der Waals surface area contributed by atoms with Crippen molar-refractivity contribution in [2.75, 3.05) is 13.7 Å². The molecule has 0 aromatic rings. The van der Waals surface area contributed by atoms with Crippen molar-refractivity contribution < 1.29 is 29.0 Å². The average molecular weight is 259 g/mol. The Kier molecular flexibility index (Phi) is 5.57. The molecule has 1 rings (SSSR count). The second-order valence-electron chi connectivity index (χ2n) is 4.02. The van der Waals surface area contributed by atoms with E-state index in [1.54, 1.807) is 0 Å². The molecule has 1 amide bonds. The van der Waals surface area contributed by atoms with Crippen molar-refractivity contribution in [1.82, 2.24) is 5.32 Å². The molecule has 18 heavy (non-hydrogen) atoms. The Morgan fingerprint density at radius 1 is 1.50 bits per heavy atom. The van der Waals surface area contributed by atoms with Gasteiger partial charge in [-0.15, -0.1) is 0 Å². The number of amides is 1. The number of esters is 1. The molecule has 1 saturated heterocycles. The van der Waals surface area contributed by atoms with Crippen LogP contribution in [0, 0.1) is 0 Å². The third-order valence-electron chi connectivity index (χ3n) is 2.70. The highest BCUT2D eigenvalue weighted by atomic mass is 16.5. The van der Waals surface area contributed by atoms with Crippen LogP contribution in [0.3, 0.4) is 0 Å². The van der Waals surface area contributed by atoms with E-state index in [-0.39, 0.29) is 12.8 Å². The zero-order chi connectivity index (χ0) is 13.5. The van der Waals surface area contributed by atoms with Crippen LogP contribution in [0.4, 0.5) is 0 Å². The highest BCUT2D eigenvalue weighted by molar-refractivity contribution is 5.86. The number of ether oxygens (including phenoxy) is 2. The zero-order valence-electron chi connectivity index (χ0n) is 10.2. The predicted molar refractivity (Wildman–Crippen MR) is 59.8 cm³/mol. The number of carbonyl (C=O) groups is 3. The van der Waals surface area contributed by atoms with E-state index in [4.69, 9.17) is 9.84 Å². The lowest BCUT2D eigenvalue weighted by Crippen LogP contribution is -2.45. The summed E-state index contributed by atoms with van der Waals surface area (Å²) in [6.45, 7) is 0.512. The van der Waals surface area contributed by atoms with E-state index in [0.717, 1.165) is 6.42 Å². The number of methoxy groups -OCH3 is 1. The van der Waals surface area contributed by atoms with Crippen molar-refractivity contribution in [1.29, 1.82) is 0 Å². The van der Waals surface area contributed by atoms with E-state index in [9.17, 15) is 14.4 Å². The largest absolute Gasteiger partial charge is 0.480 e. The molecule has 1 fully saturated rings. The van der Waals surface area contributed by atoms with E-state index in [0.29, 0.717) is 13.0 Å². The summed E-state index contributed by atoms with van der Waals surface area (Å²) >= 11 is 0. The van der Waals surface area contributed by atoms with Crippen molar-refractivity contribution >= 4 is 17.8 Å². The standard InChI is InChI=1S/C11H17NO6/c1-17-9(13)5-4-7(11(15)16)12-10(14)8-3-2-6-18-8/h7-8H,2-6H2,1H3,(H,12,14)(H,15,16)/t7-,8+/m1/s1. The van der Waals surface area contributed by atoms with Gasteiger partial charge in [-0.1, -0.05) is 0 Å². The van der Waals surface area contributed by atoms with Crippen molar-refractivity contribution in [2.24, 2.45) is 0 Å². The molecule has 7 heteroatoms. The first-order valence-corrected chi connectivity index (χ1v) is 5.76. The summed E-state index contributed by atoms with van der Waals surface area (Å²) in [6.07, 6.45) is 0.748. The monoisotopic (exact) mass is 259 g/mol. The first-order chi connectivity index (χ1) is 8.54. The Bertz CT molecular complexity index is 323. The maximum atomic E-state index is 11.7. The lowest BCUT2D eigenvalue weighted by molar-refractivity contribution is -0.145. The fraction of sp³-hybridized carbons (Fsp3) is 0.727. The fourth-order valence-corrected chi connectivity index (χ4v) is 1.67. The molecular formula is C11H17NO6. The molecule has 0 aromatic carbocycles. The summed E-state index contributed by atoms with van der Waals surface area (Å²) in [4.78, 5) is 33.5. The van der Waals surface area contributed by atoms with E-state index in [2.05, 4.69) is 10.1 Å². The van der Waals surface area contributed by atoms with Gasteiger partial charge in [0.1, 0.15) is 12.1 Å². The first-order valence-electron chi connectivity index (χ1n) is 5.76. The molecule has 102 valence electrons. The van der Waals surface area contributed by atoms with Crippen LogP contribution in [-0.2, 0) is 23.9 Å². The van der Waals surface area contributed by atoms with E-state index >= 15 is 0 Å². The molecule has 2 atom stereocenters. The summed E-state index contributed by atoms with van der Waals surface area (Å²) in [5, 5.41) is 11.3. The van der Waals surface area contributed by atoms with Crippen LogP contribution in [0.5, 0.6) is 0 Å². The SMILES string of the molecule is COC(=O)CC[C@@H](NC(=O)[C@@H]1CCCO1)C(=O)O. The number of rotatable bonds is 6. The molecule has 1 heterocycles. The summed E-state index contributed by atoms with van der Waals surface area (Å²) in [6, 6.07) is -1.10. The lowest BCUT2D eigenvalue weighted by atomic mass is 10.1. The quantitative estimate of drug-likeness (QED) is 0.634. The van der Waals surface area contributed by atoms with Gasteiger partial charge >= 0.3 is 11.9 Å². The fourth-order valence-electron chi connectivity index (χ4n) is 1.67. The molecule has 1 aliphatic rings. The molecular weight excluding hydrogens is 242 g/mol. The number of carboxylic acid groups (broad SMARTS) is 1. The lowest BCUT2D eigenvalue weighted by Gasteiger charge is -2.16. The topological polar surface area (TPSA) is 102 Å². The Labute approximate surface area is 104 Å². The molecule has 7 nitrogen and oxygen atoms in total. The van der Waals surface area contributed by atoms with Gasteiger partial charge in [-0.05, 0) is 19.3 Å². The Balaban J connectivity index is 2.44. The number of aliphatic carboxylic acids is 1. The van der Waals surface area contributed by atoms with Gasteiger partial charge in [0.05, 0.1) is 7.11 Å². The number of hydrogen-bond acceptors (Lipinski definition) is 5. The third kappa shape index (κ3) is 4.33. The smallest absolute Gasteiger partial charge is 0.326 e. The minimum absolute atomic E-state index is 0.000463. The minimum Gasteiger partial charge on any atom is -0.480 e. The van der Waals surface area contributed by atoms with Crippen LogP contribution in [0.2, 0.25) is 0 Å². The number of hydrogen-bond donors (Lipinski definition) is 2. The maximum Gasteiger partial charge on any atom is 0.326 e. The predicted octanol–water partition coefficient (Wildman–Crippen LogP) is -0.312. The van der Waals surface area contributed by atoms with Gasteiger partial charge in [-0.3, -0.25) is 9.59 Å². The van der Waals surface area contributed by atoms with Gasteiger partial charge in [0.25, 0.3) is 0 Å². The Morgan fingerprint density at radius 2 is 2.22 bits per heavy atom. The van der Waals surface area contributed by atoms with Crippen molar-refractivity contribution in [3.63, 3.8) is 0 Å². The zero-order valence-corrected chi connectivity index (χ0v) is 10.2. The molecule has 0 spiro atoms. The van der Waals surface area contributed by atoms with Crippen molar-refractivity contribution in [2.45, 2.75) is 37.8 Å². The summed E-state index contributed by atoms with van der Waals surface area (Å²) in [7, 11) is 1.23. The van der Waals surface area contributed by atoms with Gasteiger partial charge < -0.3 is 19.9 Å². The second-order valence-corrected chi connectivity index (χ2v) is 4.02. The van der Waals surface area contributed by atoms with Crippen LogP contribution in [0.25, 0.3) is 0 Å². The molecule has 0 aromatic heterocycles. The van der Waals surface area contributed by atoms with Crippen LogP contribution in [0.1, 0.15) is 25.7 Å². The second kappa shape index (κ2) is 6.95. The molecule has 0 unspecified atom stereocenters. The summed E-state index contributed by atoms with van der Waals surface area (Å²) < 4.78 is 9.56. The van der Waals surface area contributed by atoms with E-state index in [1.807, 2.05) is 0 Å². The number of carbonyl (C=O) groups excluding carboxylic acids is 2. The van der Waals surface area contributed by atoms with Gasteiger partial charge in [0.2, 0.25) is 5.91 Å². The first kappa shape index (κ1) is 14.4. The van der Waals surface area contributed by atoms with Crippen LogP contribution < -0.4 is 5.32 Å². The van der Waals surface area contributed by atoms with Crippen molar-refractivity contribution in [3.8, 4) is 0 Å². The van der Waals surface area contributed by atoms with Crippen LogP contribution in [0.15, 0.2) is 0 Å². The van der Waals surface area contributed by atoms with Crippen LogP contribution in [-0.4, -0.2) is 48.8 Å². The maximum absolute atomic E-state index is 11.7. The van der Waals surface area contributed by atoms with Crippen LogP contribution >= 0.6 is 0 Å². The normalized spacial score (nSPS) is 20.2. The highest BCUT2D eigenvalue weighted by Crippen LogP contribution is 2.12.